The Morgan fingerprint density at radius 2 is 2.09 bits per heavy atom. The molecule has 1 aromatic rings. The lowest BCUT2D eigenvalue weighted by Gasteiger charge is -2.28. The fourth-order valence-corrected chi connectivity index (χ4v) is 2.63. The molecule has 0 radical (unpaired) electrons. The van der Waals surface area contributed by atoms with E-state index in [1.807, 2.05) is 0 Å². The number of alkyl halides is 3. The fourth-order valence-electron chi connectivity index (χ4n) is 2.63. The van der Waals surface area contributed by atoms with Gasteiger partial charge in [0.2, 0.25) is 0 Å². The van der Waals surface area contributed by atoms with Crippen molar-refractivity contribution in [1.82, 2.24) is 0 Å². The standard InChI is InChI=1S/C16H15F3O4/c1-2-23-15(22)14-12(7-11(20)8-13(14)21)9-4-3-5-10(6-9)16(17,18)19/h3-6,8,12,14,21H,2,7H2,1H3. The second-order valence-electron chi connectivity index (χ2n) is 5.20. The summed E-state index contributed by atoms with van der Waals surface area (Å²) in [4.78, 5) is 23.7. The first-order valence-electron chi connectivity index (χ1n) is 7.01. The normalized spacial score (nSPS) is 21.7. The lowest BCUT2D eigenvalue weighted by atomic mass is 9.77. The van der Waals surface area contributed by atoms with E-state index in [2.05, 4.69) is 0 Å². The Morgan fingerprint density at radius 3 is 2.70 bits per heavy atom. The van der Waals surface area contributed by atoms with Crippen molar-refractivity contribution in [3.63, 3.8) is 0 Å². The predicted octanol–water partition coefficient (Wildman–Crippen LogP) is 3.38. The van der Waals surface area contributed by atoms with Crippen LogP contribution in [0.2, 0.25) is 0 Å². The maximum absolute atomic E-state index is 12.8. The Hall–Kier alpha value is -2.31. The van der Waals surface area contributed by atoms with Gasteiger partial charge in [-0.3, -0.25) is 9.59 Å². The number of ketones is 1. The van der Waals surface area contributed by atoms with E-state index in [-0.39, 0.29) is 18.6 Å². The fraction of sp³-hybridized carbons (Fsp3) is 0.375. The van der Waals surface area contributed by atoms with Crippen molar-refractivity contribution < 1.29 is 32.6 Å². The van der Waals surface area contributed by atoms with Gasteiger partial charge in [-0.15, -0.1) is 0 Å². The highest BCUT2D eigenvalue weighted by atomic mass is 19.4. The minimum atomic E-state index is -4.54. The number of carbonyl (C=O) groups excluding carboxylic acids is 2. The van der Waals surface area contributed by atoms with E-state index >= 15 is 0 Å². The molecule has 0 aromatic heterocycles. The van der Waals surface area contributed by atoms with Gasteiger partial charge in [0, 0.05) is 18.4 Å². The lowest BCUT2D eigenvalue weighted by molar-refractivity contribution is -0.148. The largest absolute Gasteiger partial charge is 0.511 e. The number of hydrogen-bond donors (Lipinski definition) is 1. The predicted molar refractivity (Wildman–Crippen MR) is 74.6 cm³/mol. The Bertz CT molecular complexity index is 649. The van der Waals surface area contributed by atoms with Gasteiger partial charge in [0.25, 0.3) is 0 Å². The zero-order valence-electron chi connectivity index (χ0n) is 12.3. The highest BCUT2D eigenvalue weighted by molar-refractivity contribution is 5.94. The first-order valence-corrected chi connectivity index (χ1v) is 7.01. The van der Waals surface area contributed by atoms with Crippen LogP contribution in [0.15, 0.2) is 36.1 Å². The minimum absolute atomic E-state index is 0.0614. The second kappa shape index (κ2) is 6.44. The number of halogens is 3. The zero-order chi connectivity index (χ0) is 17.2. The van der Waals surface area contributed by atoms with Gasteiger partial charge in [0.05, 0.1) is 12.2 Å². The summed E-state index contributed by atoms with van der Waals surface area (Å²) in [7, 11) is 0. The maximum atomic E-state index is 12.8. The number of esters is 1. The number of benzene rings is 1. The molecule has 23 heavy (non-hydrogen) atoms. The molecule has 2 rings (SSSR count). The Morgan fingerprint density at radius 1 is 1.39 bits per heavy atom. The highest BCUT2D eigenvalue weighted by Gasteiger charge is 2.40. The van der Waals surface area contributed by atoms with Gasteiger partial charge in [-0.1, -0.05) is 18.2 Å². The van der Waals surface area contributed by atoms with E-state index in [1.165, 1.54) is 12.1 Å². The van der Waals surface area contributed by atoms with E-state index in [0.717, 1.165) is 18.2 Å². The zero-order valence-corrected chi connectivity index (χ0v) is 12.3. The molecule has 2 unspecified atom stereocenters. The number of allylic oxidation sites excluding steroid dienone is 1. The van der Waals surface area contributed by atoms with Crippen LogP contribution in [0.25, 0.3) is 0 Å². The van der Waals surface area contributed by atoms with Crippen molar-refractivity contribution >= 4 is 11.8 Å². The SMILES string of the molecule is CCOC(=O)C1C(O)=CC(=O)CC1c1cccc(C(F)(F)F)c1. The van der Waals surface area contributed by atoms with Crippen LogP contribution in [-0.4, -0.2) is 23.5 Å². The van der Waals surface area contributed by atoms with Crippen LogP contribution in [0.4, 0.5) is 13.2 Å². The first-order chi connectivity index (χ1) is 10.7. The van der Waals surface area contributed by atoms with Crippen molar-refractivity contribution in [2.24, 2.45) is 5.92 Å². The Labute approximate surface area is 130 Å². The highest BCUT2D eigenvalue weighted by Crippen LogP contribution is 2.39. The summed E-state index contributed by atoms with van der Waals surface area (Å²) in [6.45, 7) is 1.64. The quantitative estimate of drug-likeness (QED) is 0.864. The average molecular weight is 328 g/mol. The van der Waals surface area contributed by atoms with E-state index in [4.69, 9.17) is 4.74 Å². The molecule has 1 aromatic carbocycles. The molecule has 0 amide bonds. The monoisotopic (exact) mass is 328 g/mol. The molecule has 124 valence electrons. The molecule has 4 nitrogen and oxygen atoms in total. The minimum Gasteiger partial charge on any atom is -0.511 e. The number of hydrogen-bond acceptors (Lipinski definition) is 4. The number of rotatable bonds is 3. The van der Waals surface area contributed by atoms with E-state index in [0.29, 0.717) is 0 Å². The topological polar surface area (TPSA) is 63.6 Å². The third-order valence-corrected chi connectivity index (χ3v) is 3.63. The summed E-state index contributed by atoms with van der Waals surface area (Å²) in [6, 6.07) is 4.41. The molecule has 0 aliphatic heterocycles. The summed E-state index contributed by atoms with van der Waals surface area (Å²) >= 11 is 0. The Kier molecular flexibility index (Phi) is 4.77. The molecule has 0 spiro atoms. The lowest BCUT2D eigenvalue weighted by Crippen LogP contribution is -2.31. The van der Waals surface area contributed by atoms with Gasteiger partial charge in [-0.05, 0) is 18.6 Å². The molecular formula is C16H15F3O4. The van der Waals surface area contributed by atoms with Crippen molar-refractivity contribution in [1.29, 1.82) is 0 Å². The third kappa shape index (κ3) is 3.72. The molecule has 1 N–H and O–H groups in total. The maximum Gasteiger partial charge on any atom is 0.416 e. The summed E-state index contributed by atoms with van der Waals surface area (Å²) < 4.78 is 43.4. The van der Waals surface area contributed by atoms with Crippen molar-refractivity contribution in [3.8, 4) is 0 Å². The number of aliphatic hydroxyl groups excluding tert-OH is 1. The molecule has 0 heterocycles. The number of aliphatic hydroxyl groups is 1. The molecular weight excluding hydrogens is 313 g/mol. The van der Waals surface area contributed by atoms with Crippen LogP contribution < -0.4 is 0 Å². The van der Waals surface area contributed by atoms with Gasteiger partial charge < -0.3 is 9.84 Å². The summed E-state index contributed by atoms with van der Waals surface area (Å²) in [5, 5.41) is 9.91. The van der Waals surface area contributed by atoms with Gasteiger partial charge in [-0.25, -0.2) is 0 Å². The van der Waals surface area contributed by atoms with E-state index in [1.54, 1.807) is 6.92 Å². The van der Waals surface area contributed by atoms with Crippen molar-refractivity contribution in [3.05, 3.63) is 47.2 Å². The van der Waals surface area contributed by atoms with Crippen molar-refractivity contribution in [2.45, 2.75) is 25.4 Å². The van der Waals surface area contributed by atoms with Crippen LogP contribution in [0.1, 0.15) is 30.4 Å². The smallest absolute Gasteiger partial charge is 0.416 e. The van der Waals surface area contributed by atoms with Crippen LogP contribution in [0.5, 0.6) is 0 Å². The van der Waals surface area contributed by atoms with Gasteiger partial charge >= 0.3 is 12.1 Å². The molecule has 7 heteroatoms. The van der Waals surface area contributed by atoms with E-state index < -0.39 is 41.1 Å². The molecule has 0 bridgehead atoms. The molecule has 1 aliphatic carbocycles. The first kappa shape index (κ1) is 17.1. The van der Waals surface area contributed by atoms with Crippen LogP contribution >= 0.6 is 0 Å². The summed E-state index contributed by atoms with van der Waals surface area (Å²) in [6.07, 6.45) is -3.79. The number of ether oxygens (including phenoxy) is 1. The summed E-state index contributed by atoms with van der Waals surface area (Å²) in [5.74, 6) is -3.78. The third-order valence-electron chi connectivity index (χ3n) is 3.63. The molecule has 2 atom stereocenters. The van der Waals surface area contributed by atoms with Crippen LogP contribution in [-0.2, 0) is 20.5 Å². The van der Waals surface area contributed by atoms with Gasteiger partial charge in [0.15, 0.2) is 5.78 Å². The average Bonchev–Trinajstić information content (AvgIpc) is 2.45. The van der Waals surface area contributed by atoms with Crippen molar-refractivity contribution in [2.75, 3.05) is 6.61 Å². The van der Waals surface area contributed by atoms with Gasteiger partial charge in [0.1, 0.15) is 11.7 Å². The van der Waals surface area contributed by atoms with Crippen LogP contribution in [0, 0.1) is 5.92 Å². The molecule has 0 saturated carbocycles. The molecule has 0 fully saturated rings. The van der Waals surface area contributed by atoms with E-state index in [9.17, 15) is 27.9 Å². The molecule has 0 saturated heterocycles. The second-order valence-corrected chi connectivity index (χ2v) is 5.20. The van der Waals surface area contributed by atoms with Gasteiger partial charge in [-0.2, -0.15) is 13.2 Å². The Balaban J connectivity index is 2.44. The van der Waals surface area contributed by atoms with Crippen LogP contribution in [0.3, 0.4) is 0 Å². The molecule has 1 aliphatic rings. The summed E-state index contributed by atoms with van der Waals surface area (Å²) in [5.41, 5.74) is -0.718. The number of carbonyl (C=O) groups is 2.